The number of hydrogen-bond acceptors (Lipinski definition) is 8. The van der Waals surface area contributed by atoms with Gasteiger partial charge in [0.05, 0.1) is 24.7 Å². The molecule has 0 amide bonds. The quantitative estimate of drug-likeness (QED) is 0.393. The summed E-state index contributed by atoms with van der Waals surface area (Å²) >= 11 is 0. The van der Waals surface area contributed by atoms with Gasteiger partial charge in [-0.3, -0.25) is 29.0 Å². The van der Waals surface area contributed by atoms with Crippen LogP contribution in [-0.4, -0.2) is 45.6 Å². The van der Waals surface area contributed by atoms with E-state index in [-0.39, 0.29) is 23.2 Å². The fraction of sp³-hybridized carbons (Fsp3) is 0.320. The standard InChI is InChI=1S/C25H26N4O7/c1-27-23(30)22(24(31)28(2)25(27)32)17(15-7-5-6-8-19(15)29(33)34)12-18-16-13-21(36-4)20(35-3)11-14(16)9-10-26-18/h5-8,11,13,17,30H,9-10,12H2,1-4H3/t17-/m0/s1. The molecule has 0 spiro atoms. The van der Waals surface area contributed by atoms with Crippen molar-refractivity contribution in [2.75, 3.05) is 20.8 Å². The molecule has 1 aliphatic rings. The highest BCUT2D eigenvalue weighted by molar-refractivity contribution is 6.04. The number of fused-ring (bicyclic) bond motifs is 1. The number of aromatic nitrogens is 2. The van der Waals surface area contributed by atoms with Gasteiger partial charge in [0.15, 0.2) is 11.5 Å². The lowest BCUT2D eigenvalue weighted by Crippen LogP contribution is -2.40. The molecule has 0 bridgehead atoms. The van der Waals surface area contributed by atoms with Crippen molar-refractivity contribution in [3.63, 3.8) is 0 Å². The Labute approximate surface area is 206 Å². The molecule has 11 nitrogen and oxygen atoms in total. The summed E-state index contributed by atoms with van der Waals surface area (Å²) in [5.74, 6) is -0.448. The largest absolute Gasteiger partial charge is 0.494 e. The zero-order chi connectivity index (χ0) is 26.1. The maximum absolute atomic E-state index is 13.3. The third-order valence-electron chi connectivity index (χ3n) is 6.53. The molecule has 0 saturated heterocycles. The predicted molar refractivity (Wildman–Crippen MR) is 133 cm³/mol. The second kappa shape index (κ2) is 9.68. The lowest BCUT2D eigenvalue weighted by atomic mass is 9.83. The van der Waals surface area contributed by atoms with Gasteiger partial charge in [0.25, 0.3) is 11.2 Å². The van der Waals surface area contributed by atoms with E-state index < -0.39 is 28.0 Å². The Morgan fingerprint density at radius 2 is 1.78 bits per heavy atom. The number of aliphatic imine (C=N–C) groups is 1. The number of benzene rings is 2. The summed E-state index contributed by atoms with van der Waals surface area (Å²) in [6.45, 7) is 0.471. The molecule has 0 aliphatic carbocycles. The van der Waals surface area contributed by atoms with Gasteiger partial charge in [-0.25, -0.2) is 4.79 Å². The molecule has 0 fully saturated rings. The van der Waals surface area contributed by atoms with Gasteiger partial charge in [-0.05, 0) is 24.1 Å². The first kappa shape index (κ1) is 24.7. The minimum atomic E-state index is -0.963. The van der Waals surface area contributed by atoms with Crippen LogP contribution >= 0.6 is 0 Å². The van der Waals surface area contributed by atoms with Gasteiger partial charge in [-0.2, -0.15) is 0 Å². The number of nitro groups is 1. The van der Waals surface area contributed by atoms with E-state index in [0.29, 0.717) is 30.2 Å². The van der Waals surface area contributed by atoms with Crippen LogP contribution in [-0.2, 0) is 20.5 Å². The van der Waals surface area contributed by atoms with E-state index in [0.717, 1.165) is 20.3 Å². The van der Waals surface area contributed by atoms with Crippen molar-refractivity contribution in [1.29, 1.82) is 0 Å². The molecule has 3 aromatic rings. The summed E-state index contributed by atoms with van der Waals surface area (Å²) < 4.78 is 12.7. The first-order valence-corrected chi connectivity index (χ1v) is 11.2. The fourth-order valence-electron chi connectivity index (χ4n) is 4.64. The molecule has 0 unspecified atom stereocenters. The summed E-state index contributed by atoms with van der Waals surface area (Å²) in [6.07, 6.45) is 0.719. The predicted octanol–water partition coefficient (Wildman–Crippen LogP) is 2.28. The van der Waals surface area contributed by atoms with Gasteiger partial charge in [-0.1, -0.05) is 18.2 Å². The van der Waals surface area contributed by atoms with Crippen LogP contribution in [0.1, 0.15) is 34.6 Å². The summed E-state index contributed by atoms with van der Waals surface area (Å²) in [4.78, 5) is 41.7. The molecule has 0 saturated carbocycles. The lowest BCUT2D eigenvalue weighted by Gasteiger charge is -2.24. The minimum absolute atomic E-state index is 0.0638. The number of para-hydroxylation sites is 1. The Morgan fingerprint density at radius 1 is 1.11 bits per heavy atom. The van der Waals surface area contributed by atoms with Crippen molar-refractivity contribution < 1.29 is 19.5 Å². The van der Waals surface area contributed by atoms with E-state index in [1.807, 2.05) is 6.07 Å². The first-order valence-electron chi connectivity index (χ1n) is 11.2. The van der Waals surface area contributed by atoms with Crippen LogP contribution in [0.4, 0.5) is 5.69 Å². The molecule has 188 valence electrons. The Hall–Kier alpha value is -4.41. The Balaban J connectivity index is 1.96. The summed E-state index contributed by atoms with van der Waals surface area (Å²) in [5, 5.41) is 22.8. The number of nitrogens with zero attached hydrogens (tertiary/aromatic N) is 4. The average molecular weight is 495 g/mol. The van der Waals surface area contributed by atoms with Gasteiger partial charge in [-0.15, -0.1) is 0 Å². The van der Waals surface area contributed by atoms with Crippen LogP contribution in [0.15, 0.2) is 51.0 Å². The van der Waals surface area contributed by atoms with Crippen molar-refractivity contribution in [3.05, 3.63) is 89.6 Å². The van der Waals surface area contributed by atoms with Gasteiger partial charge >= 0.3 is 5.69 Å². The molecule has 1 aliphatic heterocycles. The number of methoxy groups -OCH3 is 2. The third kappa shape index (κ3) is 4.12. The van der Waals surface area contributed by atoms with E-state index in [9.17, 15) is 24.8 Å². The van der Waals surface area contributed by atoms with E-state index in [4.69, 9.17) is 9.47 Å². The van der Waals surface area contributed by atoms with Crippen LogP contribution < -0.4 is 20.7 Å². The minimum Gasteiger partial charge on any atom is -0.494 e. The summed E-state index contributed by atoms with van der Waals surface area (Å²) in [5.41, 5.74) is 0.771. The van der Waals surface area contributed by atoms with E-state index in [2.05, 4.69) is 4.99 Å². The number of nitro benzene ring substituents is 1. The van der Waals surface area contributed by atoms with Gasteiger partial charge in [0.1, 0.15) is 0 Å². The highest BCUT2D eigenvalue weighted by Crippen LogP contribution is 2.39. The summed E-state index contributed by atoms with van der Waals surface area (Å²) in [6, 6.07) is 9.71. The number of hydrogen-bond donors (Lipinski definition) is 1. The first-order chi connectivity index (χ1) is 17.2. The molecule has 1 atom stereocenters. The Bertz CT molecular complexity index is 1500. The Kier molecular flexibility index (Phi) is 6.65. The second-order valence-corrected chi connectivity index (χ2v) is 8.46. The van der Waals surface area contributed by atoms with E-state index >= 15 is 0 Å². The van der Waals surface area contributed by atoms with Crippen molar-refractivity contribution in [1.82, 2.24) is 9.13 Å². The number of rotatable bonds is 7. The lowest BCUT2D eigenvalue weighted by molar-refractivity contribution is -0.385. The molecule has 36 heavy (non-hydrogen) atoms. The molecule has 2 heterocycles. The molecule has 0 radical (unpaired) electrons. The van der Waals surface area contributed by atoms with Gasteiger partial charge in [0, 0.05) is 55.9 Å². The van der Waals surface area contributed by atoms with Crippen molar-refractivity contribution >= 4 is 11.4 Å². The molecular weight excluding hydrogens is 468 g/mol. The second-order valence-electron chi connectivity index (χ2n) is 8.46. The van der Waals surface area contributed by atoms with Crippen LogP contribution in [0.5, 0.6) is 17.4 Å². The molecule has 4 rings (SSSR count). The molecule has 1 aromatic heterocycles. The van der Waals surface area contributed by atoms with E-state index in [1.54, 1.807) is 25.3 Å². The molecule has 11 heteroatoms. The highest BCUT2D eigenvalue weighted by atomic mass is 16.6. The maximum atomic E-state index is 13.3. The molecular formula is C25H26N4O7. The zero-order valence-corrected chi connectivity index (χ0v) is 20.3. The van der Waals surface area contributed by atoms with Gasteiger partial charge < -0.3 is 14.6 Å². The Morgan fingerprint density at radius 3 is 2.44 bits per heavy atom. The smallest absolute Gasteiger partial charge is 0.333 e. The molecule has 1 N–H and O–H groups in total. The SMILES string of the molecule is COc1cc2c(cc1OC)C(C[C@@H](c1ccccc1[N+](=O)[O-])c1c(O)n(C)c(=O)n(C)c1=O)=NCC2. The molecule has 2 aromatic carbocycles. The number of aromatic hydroxyl groups is 1. The van der Waals surface area contributed by atoms with Crippen LogP contribution in [0.25, 0.3) is 0 Å². The van der Waals surface area contributed by atoms with Gasteiger partial charge in [0.2, 0.25) is 5.88 Å². The van der Waals surface area contributed by atoms with Crippen LogP contribution in [0, 0.1) is 10.1 Å². The average Bonchev–Trinajstić information content (AvgIpc) is 2.89. The van der Waals surface area contributed by atoms with Crippen LogP contribution in [0.3, 0.4) is 0 Å². The topological polar surface area (TPSA) is 138 Å². The van der Waals surface area contributed by atoms with Crippen molar-refractivity contribution in [3.8, 4) is 17.4 Å². The maximum Gasteiger partial charge on any atom is 0.333 e. The third-order valence-corrected chi connectivity index (χ3v) is 6.53. The zero-order valence-electron chi connectivity index (χ0n) is 20.3. The summed E-state index contributed by atoms with van der Waals surface area (Å²) in [7, 11) is 5.70. The fourth-order valence-corrected chi connectivity index (χ4v) is 4.64. The van der Waals surface area contributed by atoms with E-state index in [1.165, 1.54) is 33.3 Å². The highest BCUT2D eigenvalue weighted by Gasteiger charge is 2.32. The van der Waals surface area contributed by atoms with Crippen molar-refractivity contribution in [2.45, 2.75) is 18.8 Å². The monoisotopic (exact) mass is 494 g/mol. The normalized spacial score (nSPS) is 13.5. The van der Waals surface area contributed by atoms with Crippen molar-refractivity contribution in [2.24, 2.45) is 19.1 Å². The number of ether oxygens (including phenoxy) is 2. The van der Waals surface area contributed by atoms with Crippen LogP contribution in [0.2, 0.25) is 0 Å².